The number of nitrogens with one attached hydrogen (secondary N) is 1. The number of aliphatic hydroxyl groups excluding tert-OH is 1. The summed E-state index contributed by atoms with van der Waals surface area (Å²) in [6.07, 6.45) is 1.07. The van der Waals surface area contributed by atoms with Crippen molar-refractivity contribution in [3.63, 3.8) is 0 Å². The summed E-state index contributed by atoms with van der Waals surface area (Å²) in [6.45, 7) is 0.461. The van der Waals surface area contributed by atoms with Crippen molar-refractivity contribution in [1.29, 1.82) is 0 Å². The van der Waals surface area contributed by atoms with E-state index < -0.39 is 22.8 Å². The average molecular weight is 322 g/mol. The Morgan fingerprint density at radius 2 is 2.30 bits per heavy atom. The molecule has 1 amide bonds. The summed E-state index contributed by atoms with van der Waals surface area (Å²) in [4.78, 5) is 21.7. The zero-order chi connectivity index (χ0) is 16.8. The Bertz CT molecular complexity index is 704. The van der Waals surface area contributed by atoms with Gasteiger partial charge in [0.1, 0.15) is 18.2 Å². The van der Waals surface area contributed by atoms with Gasteiger partial charge in [-0.1, -0.05) is 12.1 Å². The van der Waals surface area contributed by atoms with Crippen LogP contribution >= 0.6 is 0 Å². The number of benzene rings is 1. The van der Waals surface area contributed by atoms with E-state index in [2.05, 4.69) is 10.4 Å². The molecule has 0 aliphatic heterocycles. The second-order valence-corrected chi connectivity index (χ2v) is 4.84. The molecule has 1 aromatic carbocycles. The molecule has 122 valence electrons. The number of carbonyl (C=O) groups is 1. The molecule has 2 rings (SSSR count). The van der Waals surface area contributed by atoms with E-state index in [1.165, 1.54) is 35.1 Å². The lowest BCUT2D eigenvalue weighted by Gasteiger charge is -2.11. The van der Waals surface area contributed by atoms with Gasteiger partial charge in [0.25, 0.3) is 0 Å². The molecule has 1 heterocycles. The minimum atomic E-state index is -1.10. The fraction of sp³-hybridized carbons (Fsp3) is 0.286. The highest BCUT2D eigenvalue weighted by Gasteiger charge is 2.14. The molecule has 0 fully saturated rings. The first-order chi connectivity index (χ1) is 11.0. The van der Waals surface area contributed by atoms with Crippen molar-refractivity contribution in [1.82, 2.24) is 15.1 Å². The summed E-state index contributed by atoms with van der Waals surface area (Å²) in [5, 5.41) is 26.7. The fourth-order valence-electron chi connectivity index (χ4n) is 1.96. The molecule has 2 aromatic rings. The van der Waals surface area contributed by atoms with Crippen LogP contribution in [-0.2, 0) is 11.3 Å². The van der Waals surface area contributed by atoms with Crippen LogP contribution in [0.1, 0.15) is 18.1 Å². The maximum absolute atomic E-state index is 13.0. The van der Waals surface area contributed by atoms with Crippen molar-refractivity contribution in [3.05, 3.63) is 58.2 Å². The van der Waals surface area contributed by atoms with Crippen molar-refractivity contribution in [2.24, 2.45) is 0 Å². The SMILES string of the molecule is O=C(CC(O)c1cccc(F)c1)NCCn1cc([N+](=O)[O-])cn1. The van der Waals surface area contributed by atoms with E-state index in [-0.39, 0.29) is 25.2 Å². The normalized spacial score (nSPS) is 11.9. The van der Waals surface area contributed by atoms with E-state index in [1.54, 1.807) is 0 Å². The van der Waals surface area contributed by atoms with E-state index >= 15 is 0 Å². The highest BCUT2D eigenvalue weighted by atomic mass is 19.1. The van der Waals surface area contributed by atoms with Gasteiger partial charge in [0.05, 0.1) is 24.0 Å². The molecule has 9 heteroatoms. The predicted octanol–water partition coefficient (Wildman–Crippen LogP) is 1.17. The molecule has 0 radical (unpaired) electrons. The molecule has 8 nitrogen and oxygen atoms in total. The van der Waals surface area contributed by atoms with Crippen LogP contribution in [0.25, 0.3) is 0 Å². The maximum Gasteiger partial charge on any atom is 0.306 e. The minimum absolute atomic E-state index is 0.127. The van der Waals surface area contributed by atoms with E-state index in [9.17, 15) is 24.4 Å². The summed E-state index contributed by atoms with van der Waals surface area (Å²) in [5.41, 5.74) is 0.195. The number of nitrogens with zero attached hydrogens (tertiary/aromatic N) is 3. The molecule has 0 saturated heterocycles. The van der Waals surface area contributed by atoms with Crippen LogP contribution in [0.2, 0.25) is 0 Å². The molecule has 0 aliphatic rings. The Morgan fingerprint density at radius 1 is 1.52 bits per heavy atom. The third kappa shape index (κ3) is 4.85. The maximum atomic E-state index is 13.0. The zero-order valence-corrected chi connectivity index (χ0v) is 12.1. The van der Waals surface area contributed by atoms with Crippen LogP contribution in [-0.4, -0.2) is 32.3 Å². The lowest BCUT2D eigenvalue weighted by molar-refractivity contribution is -0.385. The first-order valence-electron chi connectivity index (χ1n) is 6.83. The Labute approximate surface area is 130 Å². The highest BCUT2D eigenvalue weighted by molar-refractivity contribution is 5.76. The van der Waals surface area contributed by atoms with Crippen LogP contribution in [0.4, 0.5) is 10.1 Å². The average Bonchev–Trinajstić information content (AvgIpc) is 2.96. The number of halogens is 1. The summed E-state index contributed by atoms with van der Waals surface area (Å²) in [6, 6.07) is 5.40. The minimum Gasteiger partial charge on any atom is -0.388 e. The van der Waals surface area contributed by atoms with E-state index in [0.29, 0.717) is 5.56 Å². The number of aliphatic hydroxyl groups is 1. The number of hydrogen-bond acceptors (Lipinski definition) is 5. The zero-order valence-electron chi connectivity index (χ0n) is 12.1. The number of amides is 1. The Balaban J connectivity index is 1.77. The second-order valence-electron chi connectivity index (χ2n) is 4.84. The van der Waals surface area contributed by atoms with Crippen LogP contribution in [0, 0.1) is 15.9 Å². The van der Waals surface area contributed by atoms with Gasteiger partial charge in [-0.3, -0.25) is 19.6 Å². The van der Waals surface area contributed by atoms with Crippen molar-refractivity contribution >= 4 is 11.6 Å². The molecule has 0 spiro atoms. The topological polar surface area (TPSA) is 110 Å². The Hall–Kier alpha value is -2.81. The van der Waals surface area contributed by atoms with Gasteiger partial charge in [-0.15, -0.1) is 0 Å². The van der Waals surface area contributed by atoms with Gasteiger partial charge in [-0.25, -0.2) is 4.39 Å². The van der Waals surface area contributed by atoms with Crippen molar-refractivity contribution in [3.8, 4) is 0 Å². The highest BCUT2D eigenvalue weighted by Crippen LogP contribution is 2.17. The summed E-state index contributed by atoms with van der Waals surface area (Å²) in [5.74, 6) is -0.898. The smallest absolute Gasteiger partial charge is 0.306 e. The molecule has 1 aromatic heterocycles. The van der Waals surface area contributed by atoms with Crippen molar-refractivity contribution in [2.45, 2.75) is 19.1 Å². The number of nitro groups is 1. The fourth-order valence-corrected chi connectivity index (χ4v) is 1.96. The van der Waals surface area contributed by atoms with Crippen molar-refractivity contribution in [2.75, 3.05) is 6.54 Å². The van der Waals surface area contributed by atoms with Gasteiger partial charge in [0, 0.05) is 6.54 Å². The lowest BCUT2D eigenvalue weighted by Crippen LogP contribution is -2.28. The Morgan fingerprint density at radius 3 is 2.96 bits per heavy atom. The van der Waals surface area contributed by atoms with Gasteiger partial charge < -0.3 is 10.4 Å². The number of carbonyl (C=O) groups excluding carboxylic acids is 1. The van der Waals surface area contributed by atoms with Crippen LogP contribution in [0.3, 0.4) is 0 Å². The molecule has 0 saturated carbocycles. The molecule has 1 atom stereocenters. The Kier molecular flexibility index (Phi) is 5.36. The van der Waals surface area contributed by atoms with Crippen molar-refractivity contribution < 1.29 is 19.2 Å². The van der Waals surface area contributed by atoms with E-state index in [0.717, 1.165) is 6.20 Å². The van der Waals surface area contributed by atoms with E-state index in [1.807, 2.05) is 0 Å². The van der Waals surface area contributed by atoms with Gasteiger partial charge in [-0.2, -0.15) is 5.10 Å². The number of hydrogen-bond donors (Lipinski definition) is 2. The third-order valence-corrected chi connectivity index (χ3v) is 3.11. The van der Waals surface area contributed by atoms with Gasteiger partial charge in [-0.05, 0) is 17.7 Å². The largest absolute Gasteiger partial charge is 0.388 e. The quantitative estimate of drug-likeness (QED) is 0.587. The van der Waals surface area contributed by atoms with Gasteiger partial charge >= 0.3 is 5.69 Å². The van der Waals surface area contributed by atoms with Gasteiger partial charge in [0.15, 0.2) is 0 Å². The molecule has 0 bridgehead atoms. The predicted molar refractivity (Wildman–Crippen MR) is 77.9 cm³/mol. The first kappa shape index (κ1) is 16.6. The standard InChI is InChI=1S/C14H15FN4O4/c15-11-3-1-2-10(6-11)13(20)7-14(21)16-4-5-18-9-12(8-17-18)19(22)23/h1-3,6,8-9,13,20H,4-5,7H2,(H,16,21). The third-order valence-electron chi connectivity index (χ3n) is 3.11. The second kappa shape index (κ2) is 7.45. The van der Waals surface area contributed by atoms with Crippen LogP contribution < -0.4 is 5.32 Å². The molecule has 1 unspecified atom stereocenters. The van der Waals surface area contributed by atoms with Gasteiger partial charge in [0.2, 0.25) is 5.91 Å². The molecular weight excluding hydrogens is 307 g/mol. The van der Waals surface area contributed by atoms with E-state index in [4.69, 9.17) is 0 Å². The van der Waals surface area contributed by atoms with Crippen LogP contribution in [0.5, 0.6) is 0 Å². The number of rotatable bonds is 7. The molecule has 0 aliphatic carbocycles. The summed E-state index contributed by atoms with van der Waals surface area (Å²) >= 11 is 0. The molecule has 23 heavy (non-hydrogen) atoms. The lowest BCUT2D eigenvalue weighted by atomic mass is 10.1. The molecular formula is C14H15FN4O4. The molecule has 2 N–H and O–H groups in total. The first-order valence-corrected chi connectivity index (χ1v) is 6.83. The number of aromatic nitrogens is 2. The van der Waals surface area contributed by atoms with Crippen LogP contribution in [0.15, 0.2) is 36.7 Å². The summed E-state index contributed by atoms with van der Waals surface area (Å²) < 4.78 is 14.4. The monoisotopic (exact) mass is 322 g/mol. The summed E-state index contributed by atoms with van der Waals surface area (Å²) in [7, 11) is 0.